The molecule has 36 heavy (non-hydrogen) atoms. The van der Waals surface area contributed by atoms with Crippen LogP contribution >= 0.6 is 11.6 Å². The van der Waals surface area contributed by atoms with Crippen molar-refractivity contribution < 1.29 is 31.3 Å². The third kappa shape index (κ3) is 6.05. The van der Waals surface area contributed by atoms with Crippen molar-refractivity contribution in [2.75, 3.05) is 31.1 Å². The van der Waals surface area contributed by atoms with E-state index in [2.05, 4.69) is 9.71 Å². The van der Waals surface area contributed by atoms with Crippen LogP contribution < -0.4 is 9.62 Å². The molecule has 1 aliphatic heterocycles. The summed E-state index contributed by atoms with van der Waals surface area (Å²) in [6.07, 6.45) is -3.33. The van der Waals surface area contributed by atoms with Gasteiger partial charge in [-0.25, -0.2) is 13.4 Å². The van der Waals surface area contributed by atoms with Crippen LogP contribution in [0.4, 0.5) is 24.7 Å². The van der Waals surface area contributed by atoms with Crippen molar-refractivity contribution in [2.24, 2.45) is 5.92 Å². The van der Waals surface area contributed by atoms with E-state index in [9.17, 15) is 36.5 Å². The number of nitro groups is 1. The molecule has 0 saturated carbocycles. The Morgan fingerprint density at radius 1 is 1.19 bits per heavy atom. The standard InChI is InChI=1S/C21H23ClF3N5O5S/c1-13(2)18(27-36(34,35)14-5-6-16(22)17(12-14)30(32)33)20(31)29-10-8-28(9-11-29)19-15(21(23,24)25)4-3-7-26-19/h3-7,12-13,18,27H,8-11H2,1-2H3. The fourth-order valence-electron chi connectivity index (χ4n) is 3.71. The van der Waals surface area contributed by atoms with E-state index in [0.717, 1.165) is 24.3 Å². The highest BCUT2D eigenvalue weighted by Gasteiger charge is 2.38. The predicted molar refractivity (Wildman–Crippen MR) is 125 cm³/mol. The van der Waals surface area contributed by atoms with Gasteiger partial charge < -0.3 is 9.80 Å². The van der Waals surface area contributed by atoms with Gasteiger partial charge in [-0.2, -0.15) is 17.9 Å². The summed E-state index contributed by atoms with van der Waals surface area (Å²) in [5.41, 5.74) is -1.48. The lowest BCUT2D eigenvalue weighted by Crippen LogP contribution is -2.56. The molecule has 2 heterocycles. The van der Waals surface area contributed by atoms with Crippen LogP contribution in [-0.4, -0.2) is 61.4 Å². The maximum Gasteiger partial charge on any atom is 0.419 e. The minimum atomic E-state index is -4.59. The monoisotopic (exact) mass is 549 g/mol. The van der Waals surface area contributed by atoms with Crippen LogP contribution in [0.1, 0.15) is 19.4 Å². The molecular formula is C21H23ClF3N5O5S. The second kappa shape index (κ2) is 10.6. The van der Waals surface area contributed by atoms with Crippen molar-refractivity contribution >= 4 is 39.0 Å². The number of alkyl halides is 3. The zero-order chi connectivity index (χ0) is 26.8. The summed E-state index contributed by atoms with van der Waals surface area (Å²) in [4.78, 5) is 29.7. The molecule has 0 radical (unpaired) electrons. The number of pyridine rings is 1. The van der Waals surface area contributed by atoms with Crippen molar-refractivity contribution in [3.05, 3.63) is 57.2 Å². The van der Waals surface area contributed by atoms with Crippen LogP contribution in [0, 0.1) is 16.0 Å². The molecule has 1 fully saturated rings. The molecule has 1 unspecified atom stereocenters. The van der Waals surface area contributed by atoms with Gasteiger partial charge in [-0.15, -0.1) is 0 Å². The van der Waals surface area contributed by atoms with Crippen molar-refractivity contribution in [3.8, 4) is 0 Å². The van der Waals surface area contributed by atoms with E-state index in [1.165, 1.54) is 22.1 Å². The Morgan fingerprint density at radius 3 is 2.39 bits per heavy atom. The maximum atomic E-state index is 13.4. The van der Waals surface area contributed by atoms with Gasteiger partial charge in [0.2, 0.25) is 15.9 Å². The summed E-state index contributed by atoms with van der Waals surface area (Å²) in [6, 6.07) is 3.88. The minimum Gasteiger partial charge on any atom is -0.353 e. The molecule has 1 aromatic carbocycles. The number of nitro benzene ring substituents is 1. The molecule has 0 bridgehead atoms. The molecular weight excluding hydrogens is 527 g/mol. The Bertz CT molecular complexity index is 1250. The van der Waals surface area contributed by atoms with Gasteiger partial charge in [0.25, 0.3) is 5.69 Å². The molecule has 1 saturated heterocycles. The number of sulfonamides is 1. The summed E-state index contributed by atoms with van der Waals surface area (Å²) in [5, 5.41) is 10.9. The fraction of sp³-hybridized carbons (Fsp3) is 0.429. The van der Waals surface area contributed by atoms with Gasteiger partial charge in [0, 0.05) is 38.4 Å². The molecule has 1 aromatic heterocycles. The largest absolute Gasteiger partial charge is 0.419 e. The van der Waals surface area contributed by atoms with Crippen molar-refractivity contribution in [1.82, 2.24) is 14.6 Å². The average Bonchev–Trinajstić information content (AvgIpc) is 2.81. The number of benzene rings is 1. The van der Waals surface area contributed by atoms with E-state index in [-0.39, 0.29) is 37.0 Å². The molecule has 196 valence electrons. The molecule has 1 atom stereocenters. The van der Waals surface area contributed by atoms with Crippen LogP contribution in [-0.2, 0) is 21.0 Å². The molecule has 0 aliphatic carbocycles. The van der Waals surface area contributed by atoms with E-state index >= 15 is 0 Å². The van der Waals surface area contributed by atoms with Gasteiger partial charge in [-0.05, 0) is 30.2 Å². The minimum absolute atomic E-state index is 0.0457. The van der Waals surface area contributed by atoms with E-state index in [1.807, 2.05) is 0 Å². The number of amides is 1. The van der Waals surface area contributed by atoms with Crippen molar-refractivity contribution in [2.45, 2.75) is 31.0 Å². The van der Waals surface area contributed by atoms with Crippen LogP contribution in [0.2, 0.25) is 5.02 Å². The molecule has 1 aliphatic rings. The smallest absolute Gasteiger partial charge is 0.353 e. The SMILES string of the molecule is CC(C)C(NS(=O)(=O)c1ccc(Cl)c([N+](=O)[O-])c1)C(=O)N1CCN(c2ncccc2C(F)(F)F)CC1. The number of carbonyl (C=O) groups is 1. The fourth-order valence-corrected chi connectivity index (χ4v) is 5.26. The number of anilines is 1. The molecule has 0 spiro atoms. The van der Waals surface area contributed by atoms with Gasteiger partial charge in [0.05, 0.1) is 15.4 Å². The third-order valence-corrected chi connectivity index (χ3v) is 7.38. The summed E-state index contributed by atoms with van der Waals surface area (Å²) < 4.78 is 68.2. The molecule has 2 aromatic rings. The molecule has 1 N–H and O–H groups in total. The first-order valence-corrected chi connectivity index (χ1v) is 12.6. The Balaban J connectivity index is 1.75. The summed E-state index contributed by atoms with van der Waals surface area (Å²) in [7, 11) is -4.34. The zero-order valence-electron chi connectivity index (χ0n) is 19.2. The second-order valence-corrected chi connectivity index (χ2v) is 10.5. The lowest BCUT2D eigenvalue weighted by Gasteiger charge is -2.38. The molecule has 1 amide bonds. The number of hydrogen-bond acceptors (Lipinski definition) is 7. The van der Waals surface area contributed by atoms with Crippen LogP contribution in [0.3, 0.4) is 0 Å². The van der Waals surface area contributed by atoms with E-state index < -0.39 is 55.1 Å². The third-order valence-electron chi connectivity index (χ3n) is 5.62. The Labute approximate surface area is 210 Å². The van der Waals surface area contributed by atoms with E-state index in [0.29, 0.717) is 0 Å². The second-order valence-electron chi connectivity index (χ2n) is 8.40. The topological polar surface area (TPSA) is 126 Å². The zero-order valence-corrected chi connectivity index (χ0v) is 20.8. The maximum absolute atomic E-state index is 13.4. The first-order valence-electron chi connectivity index (χ1n) is 10.7. The number of aromatic nitrogens is 1. The number of halogens is 4. The number of piperazine rings is 1. The summed E-state index contributed by atoms with van der Waals surface area (Å²) >= 11 is 5.75. The normalized spacial score (nSPS) is 15.8. The van der Waals surface area contributed by atoms with Gasteiger partial charge in [0.15, 0.2) is 0 Å². The summed E-state index contributed by atoms with van der Waals surface area (Å²) in [5.74, 6) is -1.29. The van der Waals surface area contributed by atoms with Gasteiger partial charge in [-0.1, -0.05) is 25.4 Å². The van der Waals surface area contributed by atoms with Crippen LogP contribution in [0.5, 0.6) is 0 Å². The van der Waals surface area contributed by atoms with E-state index in [4.69, 9.17) is 11.6 Å². The number of hydrogen-bond donors (Lipinski definition) is 1. The number of carbonyl (C=O) groups excluding carboxylic acids is 1. The summed E-state index contributed by atoms with van der Waals surface area (Å²) in [6.45, 7) is 3.46. The van der Waals surface area contributed by atoms with Gasteiger partial charge >= 0.3 is 6.18 Å². The van der Waals surface area contributed by atoms with Crippen LogP contribution in [0.15, 0.2) is 41.4 Å². The lowest BCUT2D eigenvalue weighted by atomic mass is 10.0. The quantitative estimate of drug-likeness (QED) is 0.415. The predicted octanol–water partition coefficient (Wildman–Crippen LogP) is 3.31. The Hall–Kier alpha value is -2.97. The van der Waals surface area contributed by atoms with Crippen molar-refractivity contribution in [3.63, 3.8) is 0 Å². The first-order chi connectivity index (χ1) is 16.7. The van der Waals surface area contributed by atoms with Gasteiger partial charge in [-0.3, -0.25) is 14.9 Å². The van der Waals surface area contributed by atoms with E-state index in [1.54, 1.807) is 13.8 Å². The van der Waals surface area contributed by atoms with Gasteiger partial charge in [0.1, 0.15) is 16.9 Å². The lowest BCUT2D eigenvalue weighted by molar-refractivity contribution is -0.384. The number of nitrogens with one attached hydrogen (secondary N) is 1. The van der Waals surface area contributed by atoms with Crippen LogP contribution in [0.25, 0.3) is 0 Å². The molecule has 15 heteroatoms. The Kier molecular flexibility index (Phi) is 8.10. The molecule has 10 nitrogen and oxygen atoms in total. The number of rotatable bonds is 7. The average molecular weight is 550 g/mol. The molecule has 3 rings (SSSR count). The Morgan fingerprint density at radius 2 is 1.83 bits per heavy atom. The van der Waals surface area contributed by atoms with Crippen molar-refractivity contribution in [1.29, 1.82) is 0 Å². The first kappa shape index (κ1) is 27.6. The highest BCUT2D eigenvalue weighted by molar-refractivity contribution is 7.89. The highest BCUT2D eigenvalue weighted by atomic mass is 35.5. The highest BCUT2D eigenvalue weighted by Crippen LogP contribution is 2.35. The number of nitrogens with zero attached hydrogens (tertiary/aromatic N) is 4.